The molecule has 0 amide bonds. The van der Waals surface area contributed by atoms with Crippen LogP contribution >= 0.6 is 27.3 Å². The van der Waals surface area contributed by atoms with Crippen LogP contribution in [0, 0.1) is 0 Å². The molecule has 14 heavy (non-hydrogen) atoms. The third-order valence-corrected chi connectivity index (χ3v) is 3.91. The normalized spacial score (nSPS) is 15.4. The number of ether oxygens (including phenoxy) is 1. The maximum atomic E-state index is 6.22. The second-order valence-electron chi connectivity index (χ2n) is 3.53. The van der Waals surface area contributed by atoms with Crippen LogP contribution in [-0.4, -0.2) is 19.3 Å². The summed E-state index contributed by atoms with van der Waals surface area (Å²) in [6.45, 7) is 2.71. The molecule has 0 aliphatic carbocycles. The third-order valence-electron chi connectivity index (χ3n) is 2.29. The number of rotatable bonds is 5. The van der Waals surface area contributed by atoms with Crippen molar-refractivity contribution in [2.45, 2.75) is 25.3 Å². The largest absolute Gasteiger partial charge is 0.383 e. The van der Waals surface area contributed by atoms with Gasteiger partial charge in [-0.25, -0.2) is 0 Å². The predicted molar refractivity (Wildman–Crippen MR) is 64.8 cm³/mol. The molecule has 1 heterocycles. The van der Waals surface area contributed by atoms with Crippen LogP contribution in [0.25, 0.3) is 0 Å². The minimum atomic E-state index is -0.223. The minimum absolute atomic E-state index is 0.223. The van der Waals surface area contributed by atoms with Gasteiger partial charge in [0.25, 0.3) is 0 Å². The zero-order chi connectivity index (χ0) is 10.6. The average molecular weight is 278 g/mol. The summed E-state index contributed by atoms with van der Waals surface area (Å²) in [5, 5.41) is 0. The van der Waals surface area contributed by atoms with Crippen LogP contribution in [0.3, 0.4) is 0 Å². The average Bonchev–Trinajstić information content (AvgIpc) is 2.51. The van der Waals surface area contributed by atoms with E-state index in [9.17, 15) is 0 Å². The summed E-state index contributed by atoms with van der Waals surface area (Å²) in [6, 6.07) is 4.17. The maximum absolute atomic E-state index is 6.22. The lowest BCUT2D eigenvalue weighted by Gasteiger charge is -2.26. The van der Waals surface area contributed by atoms with Crippen LogP contribution in [-0.2, 0) is 11.2 Å². The van der Waals surface area contributed by atoms with Crippen LogP contribution in [0.15, 0.2) is 15.9 Å². The van der Waals surface area contributed by atoms with Crippen molar-refractivity contribution in [3.8, 4) is 0 Å². The number of methoxy groups -OCH3 is 1. The second kappa shape index (κ2) is 5.26. The van der Waals surface area contributed by atoms with Gasteiger partial charge in [-0.15, -0.1) is 11.3 Å². The van der Waals surface area contributed by atoms with Gasteiger partial charge in [0, 0.05) is 23.9 Å². The summed E-state index contributed by atoms with van der Waals surface area (Å²) < 4.78 is 6.30. The fraction of sp³-hybridized carbons (Fsp3) is 0.600. The van der Waals surface area contributed by atoms with Crippen molar-refractivity contribution in [3.05, 3.63) is 20.8 Å². The molecule has 0 bridgehead atoms. The number of thiophene rings is 1. The van der Waals surface area contributed by atoms with Crippen molar-refractivity contribution in [2.24, 2.45) is 5.73 Å². The van der Waals surface area contributed by atoms with Gasteiger partial charge in [0.15, 0.2) is 0 Å². The van der Waals surface area contributed by atoms with Gasteiger partial charge >= 0.3 is 0 Å². The molecule has 1 rings (SSSR count). The van der Waals surface area contributed by atoms with E-state index in [1.165, 1.54) is 4.88 Å². The molecular formula is C10H16BrNOS. The Morgan fingerprint density at radius 3 is 2.71 bits per heavy atom. The lowest BCUT2D eigenvalue weighted by molar-refractivity contribution is 0.130. The molecule has 0 radical (unpaired) electrons. The standard InChI is InChI=1S/C10H16BrNOS/c1-3-10(12,7-13-2)6-8-4-5-9(11)14-8/h4-5H,3,6-7,12H2,1-2H3. The topological polar surface area (TPSA) is 35.2 Å². The van der Waals surface area contributed by atoms with Gasteiger partial charge in [-0.05, 0) is 34.5 Å². The van der Waals surface area contributed by atoms with Crippen molar-refractivity contribution < 1.29 is 4.74 Å². The predicted octanol–water partition coefficient (Wildman–Crippen LogP) is 2.81. The third kappa shape index (κ3) is 3.35. The van der Waals surface area contributed by atoms with Gasteiger partial charge in [-0.1, -0.05) is 6.92 Å². The van der Waals surface area contributed by atoms with E-state index in [0.717, 1.165) is 16.6 Å². The van der Waals surface area contributed by atoms with Gasteiger partial charge < -0.3 is 10.5 Å². The van der Waals surface area contributed by atoms with Gasteiger partial charge in [0.1, 0.15) is 0 Å². The SMILES string of the molecule is CCC(N)(COC)Cc1ccc(Br)s1. The fourth-order valence-electron chi connectivity index (χ4n) is 1.36. The summed E-state index contributed by atoms with van der Waals surface area (Å²) in [7, 11) is 1.70. The molecule has 0 spiro atoms. The Bertz CT molecular complexity index is 289. The van der Waals surface area contributed by atoms with Crippen LogP contribution in [0.1, 0.15) is 18.2 Å². The highest BCUT2D eigenvalue weighted by atomic mass is 79.9. The zero-order valence-corrected chi connectivity index (χ0v) is 11.0. The summed E-state index contributed by atoms with van der Waals surface area (Å²) >= 11 is 5.18. The zero-order valence-electron chi connectivity index (χ0n) is 8.55. The molecule has 80 valence electrons. The van der Waals surface area contributed by atoms with E-state index < -0.39 is 0 Å². The quantitative estimate of drug-likeness (QED) is 0.899. The molecule has 0 aliphatic heterocycles. The van der Waals surface area contributed by atoms with Crippen molar-refractivity contribution in [1.29, 1.82) is 0 Å². The molecule has 1 aromatic heterocycles. The Morgan fingerprint density at radius 1 is 1.57 bits per heavy atom. The lowest BCUT2D eigenvalue weighted by Crippen LogP contribution is -2.45. The highest BCUT2D eigenvalue weighted by Crippen LogP contribution is 2.26. The maximum Gasteiger partial charge on any atom is 0.0701 e. The molecule has 1 aromatic rings. The fourth-order valence-corrected chi connectivity index (χ4v) is 3.00. The Balaban J connectivity index is 2.64. The van der Waals surface area contributed by atoms with Crippen LogP contribution in [0.2, 0.25) is 0 Å². The van der Waals surface area contributed by atoms with E-state index in [1.807, 2.05) is 0 Å². The molecule has 0 saturated carbocycles. The molecule has 2 nitrogen and oxygen atoms in total. The Labute approximate surface area is 97.6 Å². The highest BCUT2D eigenvalue weighted by molar-refractivity contribution is 9.11. The van der Waals surface area contributed by atoms with E-state index in [-0.39, 0.29) is 5.54 Å². The molecular weight excluding hydrogens is 262 g/mol. The summed E-state index contributed by atoms with van der Waals surface area (Å²) in [4.78, 5) is 1.30. The second-order valence-corrected chi connectivity index (χ2v) is 6.08. The number of halogens is 1. The molecule has 4 heteroatoms. The van der Waals surface area contributed by atoms with E-state index >= 15 is 0 Å². The molecule has 0 aliphatic rings. The smallest absolute Gasteiger partial charge is 0.0701 e. The summed E-state index contributed by atoms with van der Waals surface area (Å²) in [5.74, 6) is 0. The van der Waals surface area contributed by atoms with Crippen LogP contribution < -0.4 is 5.73 Å². The van der Waals surface area contributed by atoms with Crippen LogP contribution in [0.4, 0.5) is 0 Å². The van der Waals surface area contributed by atoms with E-state index in [4.69, 9.17) is 10.5 Å². The van der Waals surface area contributed by atoms with Crippen molar-refractivity contribution in [3.63, 3.8) is 0 Å². The Morgan fingerprint density at radius 2 is 2.29 bits per heavy atom. The van der Waals surface area contributed by atoms with Gasteiger partial charge in [-0.2, -0.15) is 0 Å². The van der Waals surface area contributed by atoms with Crippen molar-refractivity contribution >= 4 is 27.3 Å². The summed E-state index contributed by atoms with van der Waals surface area (Å²) in [5.41, 5.74) is 5.99. The van der Waals surface area contributed by atoms with Crippen molar-refractivity contribution in [1.82, 2.24) is 0 Å². The first-order chi connectivity index (χ1) is 6.59. The van der Waals surface area contributed by atoms with Crippen LogP contribution in [0.5, 0.6) is 0 Å². The first-order valence-corrected chi connectivity index (χ1v) is 6.22. The van der Waals surface area contributed by atoms with E-state index in [0.29, 0.717) is 6.61 Å². The first kappa shape index (κ1) is 12.2. The number of nitrogens with two attached hydrogens (primary N) is 1. The highest BCUT2D eigenvalue weighted by Gasteiger charge is 2.23. The lowest BCUT2D eigenvalue weighted by atomic mass is 9.94. The van der Waals surface area contributed by atoms with Gasteiger partial charge in [0.05, 0.1) is 10.4 Å². The Kier molecular flexibility index (Phi) is 4.57. The molecule has 1 unspecified atom stereocenters. The summed E-state index contributed by atoms with van der Waals surface area (Å²) in [6.07, 6.45) is 1.81. The first-order valence-electron chi connectivity index (χ1n) is 4.61. The monoisotopic (exact) mass is 277 g/mol. The molecule has 1 atom stereocenters. The van der Waals surface area contributed by atoms with Gasteiger partial charge in [0.2, 0.25) is 0 Å². The Hall–Kier alpha value is 0.1000. The number of hydrogen-bond donors (Lipinski definition) is 1. The van der Waals surface area contributed by atoms with Crippen molar-refractivity contribution in [2.75, 3.05) is 13.7 Å². The molecule has 2 N–H and O–H groups in total. The van der Waals surface area contributed by atoms with Gasteiger partial charge in [-0.3, -0.25) is 0 Å². The van der Waals surface area contributed by atoms with E-state index in [2.05, 4.69) is 35.0 Å². The molecule has 0 aromatic carbocycles. The van der Waals surface area contributed by atoms with E-state index in [1.54, 1.807) is 18.4 Å². The molecule has 0 saturated heterocycles. The number of hydrogen-bond acceptors (Lipinski definition) is 3. The molecule has 0 fully saturated rings. The minimum Gasteiger partial charge on any atom is -0.383 e.